The Labute approximate surface area is 135 Å². The molecule has 0 fully saturated rings. The summed E-state index contributed by atoms with van der Waals surface area (Å²) in [4.78, 5) is 41.7. The summed E-state index contributed by atoms with van der Waals surface area (Å²) in [5, 5.41) is 11.6. The van der Waals surface area contributed by atoms with Crippen LogP contribution in [0.3, 0.4) is 0 Å². The van der Waals surface area contributed by atoms with E-state index in [-0.39, 0.29) is 12.2 Å². The summed E-state index contributed by atoms with van der Waals surface area (Å²) in [5.74, 6) is -2.06. The van der Waals surface area contributed by atoms with Crippen LogP contribution in [-0.4, -0.2) is 45.6 Å². The maximum absolute atomic E-state index is 12.5. The molecule has 0 saturated heterocycles. The maximum Gasteiger partial charge on any atom is 0.331 e. The molecule has 0 spiro atoms. The van der Waals surface area contributed by atoms with Gasteiger partial charge in [-0.05, 0) is 20.8 Å². The third-order valence-electron chi connectivity index (χ3n) is 3.56. The molecule has 1 amide bonds. The molecule has 2 heterocycles. The largest absolute Gasteiger partial charge is 0.479 e. The lowest BCUT2D eigenvalue weighted by Gasteiger charge is -2.25. The molecule has 2 aromatic heterocycles. The first-order valence-electron chi connectivity index (χ1n) is 6.74. The van der Waals surface area contributed by atoms with Crippen molar-refractivity contribution in [2.45, 2.75) is 26.3 Å². The van der Waals surface area contributed by atoms with E-state index in [9.17, 15) is 19.5 Å². The van der Waals surface area contributed by atoms with E-state index in [0.717, 1.165) is 11.1 Å². The SMILES string of the molecule is COCC(C)(NC(=O)c1cnc2sc(C)c(C)n2c1=O)C(=O)O. The number of hydrogen-bond donors (Lipinski definition) is 2. The van der Waals surface area contributed by atoms with Gasteiger partial charge >= 0.3 is 5.97 Å². The zero-order valence-corrected chi connectivity index (χ0v) is 14.0. The molecule has 0 radical (unpaired) electrons. The van der Waals surface area contributed by atoms with Gasteiger partial charge in [-0.1, -0.05) is 0 Å². The average Bonchev–Trinajstić information content (AvgIpc) is 2.75. The molecule has 1 atom stereocenters. The number of carbonyl (C=O) groups excluding carboxylic acids is 1. The summed E-state index contributed by atoms with van der Waals surface area (Å²) in [6.45, 7) is 4.69. The third-order valence-corrected chi connectivity index (χ3v) is 4.63. The fraction of sp³-hybridized carbons (Fsp3) is 0.429. The van der Waals surface area contributed by atoms with Crippen LogP contribution in [0.4, 0.5) is 0 Å². The highest BCUT2D eigenvalue weighted by molar-refractivity contribution is 7.17. The predicted octanol–water partition coefficient (Wildman–Crippen LogP) is 0.592. The molecule has 0 aromatic carbocycles. The van der Waals surface area contributed by atoms with Gasteiger partial charge in [0.15, 0.2) is 10.5 Å². The zero-order valence-electron chi connectivity index (χ0n) is 13.2. The first-order chi connectivity index (χ1) is 10.7. The fourth-order valence-electron chi connectivity index (χ4n) is 2.09. The zero-order chi connectivity index (χ0) is 17.4. The van der Waals surface area contributed by atoms with E-state index in [4.69, 9.17) is 4.74 Å². The Kier molecular flexibility index (Phi) is 4.53. The van der Waals surface area contributed by atoms with Gasteiger partial charge < -0.3 is 15.2 Å². The summed E-state index contributed by atoms with van der Waals surface area (Å²) >= 11 is 1.35. The number of fused-ring (bicyclic) bond motifs is 1. The molecule has 0 aliphatic rings. The number of thiazole rings is 1. The molecule has 0 bridgehead atoms. The molecule has 1 unspecified atom stereocenters. The molecule has 0 aliphatic carbocycles. The van der Waals surface area contributed by atoms with Crippen LogP contribution in [0.5, 0.6) is 0 Å². The summed E-state index contributed by atoms with van der Waals surface area (Å²) in [6, 6.07) is 0. The highest BCUT2D eigenvalue weighted by Gasteiger charge is 2.36. The Bertz CT molecular complexity index is 841. The summed E-state index contributed by atoms with van der Waals surface area (Å²) in [5.41, 5.74) is -1.68. The van der Waals surface area contributed by atoms with Crippen LogP contribution in [-0.2, 0) is 9.53 Å². The van der Waals surface area contributed by atoms with Crippen LogP contribution in [0, 0.1) is 13.8 Å². The highest BCUT2D eigenvalue weighted by atomic mass is 32.1. The number of nitrogens with zero attached hydrogens (tertiary/aromatic N) is 2. The van der Waals surface area contributed by atoms with Gasteiger partial charge in [0.05, 0.1) is 6.61 Å². The van der Waals surface area contributed by atoms with Crippen molar-refractivity contribution in [2.75, 3.05) is 13.7 Å². The minimum Gasteiger partial charge on any atom is -0.479 e. The molecule has 2 N–H and O–H groups in total. The fourth-order valence-corrected chi connectivity index (χ4v) is 3.02. The molecular formula is C14H17N3O5S. The quantitative estimate of drug-likeness (QED) is 0.825. The van der Waals surface area contributed by atoms with E-state index in [0.29, 0.717) is 10.7 Å². The number of hydrogen-bond acceptors (Lipinski definition) is 6. The number of rotatable bonds is 5. The summed E-state index contributed by atoms with van der Waals surface area (Å²) < 4.78 is 6.19. The third kappa shape index (κ3) is 2.97. The minimum atomic E-state index is -1.64. The number of carbonyl (C=O) groups is 2. The van der Waals surface area contributed by atoms with Gasteiger partial charge in [-0.25, -0.2) is 9.78 Å². The van der Waals surface area contributed by atoms with Crippen LogP contribution in [0.2, 0.25) is 0 Å². The Morgan fingerprint density at radius 3 is 2.70 bits per heavy atom. The smallest absolute Gasteiger partial charge is 0.331 e. The first kappa shape index (κ1) is 17.1. The number of aromatic nitrogens is 2. The van der Waals surface area contributed by atoms with Crippen LogP contribution in [0.15, 0.2) is 11.0 Å². The van der Waals surface area contributed by atoms with Crippen molar-refractivity contribution in [1.82, 2.24) is 14.7 Å². The number of amides is 1. The standard InChI is InChI=1S/C14H17N3O5S/c1-7-8(2)23-13-15-5-9(11(19)17(7)13)10(18)16-14(3,6-22-4)12(20)21/h5H,6H2,1-4H3,(H,16,18)(H,20,21). The Morgan fingerprint density at radius 1 is 1.48 bits per heavy atom. The van der Waals surface area contributed by atoms with Gasteiger partial charge in [-0.15, -0.1) is 11.3 Å². The highest BCUT2D eigenvalue weighted by Crippen LogP contribution is 2.18. The van der Waals surface area contributed by atoms with Crippen LogP contribution < -0.4 is 10.9 Å². The molecule has 124 valence electrons. The lowest BCUT2D eigenvalue weighted by Crippen LogP contribution is -2.56. The van der Waals surface area contributed by atoms with Gasteiger partial charge in [0.2, 0.25) is 0 Å². The monoisotopic (exact) mass is 339 g/mol. The van der Waals surface area contributed by atoms with E-state index in [2.05, 4.69) is 10.3 Å². The van der Waals surface area contributed by atoms with Gasteiger partial charge in [0.1, 0.15) is 5.56 Å². The predicted molar refractivity (Wildman–Crippen MR) is 84.2 cm³/mol. The van der Waals surface area contributed by atoms with Crippen LogP contribution in [0.1, 0.15) is 27.9 Å². The van der Waals surface area contributed by atoms with Gasteiger partial charge in [-0.3, -0.25) is 14.0 Å². The molecule has 23 heavy (non-hydrogen) atoms. The van der Waals surface area contributed by atoms with E-state index in [1.165, 1.54) is 29.8 Å². The van der Waals surface area contributed by atoms with E-state index < -0.39 is 23.0 Å². The second kappa shape index (κ2) is 6.09. The lowest BCUT2D eigenvalue weighted by atomic mass is 10.0. The average molecular weight is 339 g/mol. The maximum atomic E-state index is 12.5. The van der Waals surface area contributed by atoms with E-state index in [1.807, 2.05) is 6.92 Å². The van der Waals surface area contributed by atoms with E-state index in [1.54, 1.807) is 6.92 Å². The first-order valence-corrected chi connectivity index (χ1v) is 7.55. The molecule has 0 saturated carbocycles. The lowest BCUT2D eigenvalue weighted by molar-refractivity contribution is -0.145. The number of aryl methyl sites for hydroxylation is 2. The number of methoxy groups -OCH3 is 1. The van der Waals surface area contributed by atoms with Crippen molar-refractivity contribution < 1.29 is 19.4 Å². The minimum absolute atomic E-state index is 0.216. The van der Waals surface area contributed by atoms with Gasteiger partial charge in [0, 0.05) is 23.9 Å². The summed E-state index contributed by atoms with van der Waals surface area (Å²) in [6.07, 6.45) is 1.16. The van der Waals surface area contributed by atoms with Crippen LogP contribution in [0.25, 0.3) is 4.96 Å². The van der Waals surface area contributed by atoms with Crippen molar-refractivity contribution in [2.24, 2.45) is 0 Å². The Morgan fingerprint density at radius 2 is 2.13 bits per heavy atom. The Hall–Kier alpha value is -2.26. The van der Waals surface area contributed by atoms with Gasteiger partial charge in [0.25, 0.3) is 11.5 Å². The molecule has 0 aliphatic heterocycles. The van der Waals surface area contributed by atoms with Crippen LogP contribution >= 0.6 is 11.3 Å². The van der Waals surface area contributed by atoms with Crippen molar-refractivity contribution in [1.29, 1.82) is 0 Å². The number of carboxylic acids is 1. The number of nitrogens with one attached hydrogen (secondary N) is 1. The molecular weight excluding hydrogens is 322 g/mol. The number of aliphatic carboxylic acids is 1. The van der Waals surface area contributed by atoms with Gasteiger partial charge in [-0.2, -0.15) is 0 Å². The Balaban J connectivity index is 2.46. The molecule has 8 nitrogen and oxygen atoms in total. The summed E-state index contributed by atoms with van der Waals surface area (Å²) in [7, 11) is 1.33. The second-order valence-electron chi connectivity index (χ2n) is 5.36. The molecule has 2 rings (SSSR count). The second-order valence-corrected chi connectivity index (χ2v) is 6.54. The van der Waals surface area contributed by atoms with Crippen molar-refractivity contribution in [3.63, 3.8) is 0 Å². The molecule has 9 heteroatoms. The van der Waals surface area contributed by atoms with Crippen molar-refractivity contribution >= 4 is 28.2 Å². The molecule has 2 aromatic rings. The topological polar surface area (TPSA) is 110 Å². The number of ether oxygens (including phenoxy) is 1. The van der Waals surface area contributed by atoms with Crippen molar-refractivity contribution in [3.8, 4) is 0 Å². The number of carboxylic acid groups (broad SMARTS) is 1. The van der Waals surface area contributed by atoms with Crippen molar-refractivity contribution in [3.05, 3.63) is 32.7 Å². The normalized spacial score (nSPS) is 13.7. The van der Waals surface area contributed by atoms with E-state index >= 15 is 0 Å².